The van der Waals surface area contributed by atoms with E-state index in [9.17, 15) is 0 Å². The van der Waals surface area contributed by atoms with E-state index in [2.05, 4.69) is 24.1 Å². The Balaban J connectivity index is 2.34. The maximum atomic E-state index is 6.00. The van der Waals surface area contributed by atoms with Crippen LogP contribution in [-0.4, -0.2) is 18.1 Å². The zero-order chi connectivity index (χ0) is 12.4. The predicted molar refractivity (Wildman–Crippen MR) is 70.7 cm³/mol. The van der Waals surface area contributed by atoms with Crippen molar-refractivity contribution >= 4 is 22.7 Å². The van der Waals surface area contributed by atoms with Crippen molar-refractivity contribution in [3.63, 3.8) is 0 Å². The molecule has 92 valence electrons. The quantitative estimate of drug-likeness (QED) is 0.905. The van der Waals surface area contributed by atoms with Crippen LogP contribution in [0.15, 0.2) is 16.5 Å². The van der Waals surface area contributed by atoms with Gasteiger partial charge >= 0.3 is 0 Å². The number of benzene rings is 1. The number of likely N-dealkylation sites (N-methyl/N-ethyl adjacent to an activating group) is 1. The van der Waals surface area contributed by atoms with E-state index in [-0.39, 0.29) is 5.92 Å². The molecule has 0 saturated heterocycles. The highest BCUT2D eigenvalue weighted by Crippen LogP contribution is 2.26. The fourth-order valence-corrected chi connectivity index (χ4v) is 2.10. The van der Waals surface area contributed by atoms with Crippen molar-refractivity contribution in [1.29, 1.82) is 0 Å². The number of oxazole rings is 1. The minimum atomic E-state index is 0.264. The highest BCUT2D eigenvalue weighted by molar-refractivity contribution is 6.31. The second kappa shape index (κ2) is 5.07. The van der Waals surface area contributed by atoms with E-state index in [1.165, 1.54) is 0 Å². The van der Waals surface area contributed by atoms with Crippen molar-refractivity contribution in [2.24, 2.45) is 0 Å². The highest BCUT2D eigenvalue weighted by atomic mass is 35.5. The number of aryl methyl sites for hydroxylation is 1. The number of fused-ring (bicyclic) bond motifs is 1. The first-order chi connectivity index (χ1) is 8.11. The van der Waals surface area contributed by atoms with Crippen molar-refractivity contribution in [2.75, 3.05) is 13.1 Å². The SMILES string of the molecule is CCNCC(C)c1nc2cc(Cl)cc(C)c2o1. The summed E-state index contributed by atoms with van der Waals surface area (Å²) >= 11 is 6.00. The molecule has 1 atom stereocenters. The van der Waals surface area contributed by atoms with Gasteiger partial charge in [0.15, 0.2) is 11.5 Å². The lowest BCUT2D eigenvalue weighted by Crippen LogP contribution is -2.19. The van der Waals surface area contributed by atoms with Gasteiger partial charge in [0, 0.05) is 17.5 Å². The molecule has 0 aliphatic rings. The minimum absolute atomic E-state index is 0.264. The van der Waals surface area contributed by atoms with Crippen LogP contribution in [-0.2, 0) is 0 Å². The van der Waals surface area contributed by atoms with Crippen LogP contribution in [0.2, 0.25) is 5.02 Å². The molecule has 2 rings (SSSR count). The number of rotatable bonds is 4. The summed E-state index contributed by atoms with van der Waals surface area (Å²) in [5.74, 6) is 1.03. The third kappa shape index (κ3) is 2.61. The van der Waals surface area contributed by atoms with Gasteiger partial charge in [-0.05, 0) is 31.2 Å². The van der Waals surface area contributed by atoms with Crippen molar-refractivity contribution in [3.8, 4) is 0 Å². The summed E-state index contributed by atoms with van der Waals surface area (Å²) in [6, 6.07) is 3.74. The molecule has 0 aliphatic heterocycles. The van der Waals surface area contributed by atoms with Crippen molar-refractivity contribution in [1.82, 2.24) is 10.3 Å². The van der Waals surface area contributed by atoms with Crippen LogP contribution in [0, 0.1) is 6.92 Å². The Kier molecular flexibility index (Phi) is 3.69. The molecule has 0 amide bonds. The Morgan fingerprint density at radius 1 is 1.47 bits per heavy atom. The second-order valence-electron chi connectivity index (χ2n) is 4.33. The van der Waals surface area contributed by atoms with Gasteiger partial charge in [0.2, 0.25) is 0 Å². The maximum absolute atomic E-state index is 6.00. The number of aromatic nitrogens is 1. The van der Waals surface area contributed by atoms with Gasteiger partial charge in [0.25, 0.3) is 0 Å². The summed E-state index contributed by atoms with van der Waals surface area (Å²) in [6.45, 7) is 8.00. The summed E-state index contributed by atoms with van der Waals surface area (Å²) in [4.78, 5) is 4.50. The average Bonchev–Trinajstić information content (AvgIpc) is 2.69. The summed E-state index contributed by atoms with van der Waals surface area (Å²) in [5.41, 5.74) is 2.71. The Bertz CT molecular complexity index is 521. The first-order valence-electron chi connectivity index (χ1n) is 5.89. The molecule has 1 aromatic carbocycles. The molecule has 4 heteroatoms. The third-order valence-electron chi connectivity index (χ3n) is 2.78. The highest BCUT2D eigenvalue weighted by Gasteiger charge is 2.14. The number of hydrogen-bond donors (Lipinski definition) is 1. The van der Waals surface area contributed by atoms with Crippen LogP contribution in [0.4, 0.5) is 0 Å². The molecule has 2 aromatic rings. The zero-order valence-electron chi connectivity index (χ0n) is 10.4. The summed E-state index contributed by atoms with van der Waals surface area (Å²) in [6.07, 6.45) is 0. The predicted octanol–water partition coefficient (Wildman–Crippen LogP) is 3.50. The molecule has 0 radical (unpaired) electrons. The molecule has 0 aliphatic carbocycles. The fraction of sp³-hybridized carbons (Fsp3) is 0.462. The molecule has 0 spiro atoms. The van der Waals surface area contributed by atoms with Gasteiger partial charge in [0.1, 0.15) is 5.52 Å². The second-order valence-corrected chi connectivity index (χ2v) is 4.77. The van der Waals surface area contributed by atoms with Gasteiger partial charge < -0.3 is 9.73 Å². The van der Waals surface area contributed by atoms with E-state index in [0.29, 0.717) is 5.02 Å². The third-order valence-corrected chi connectivity index (χ3v) is 3.00. The monoisotopic (exact) mass is 252 g/mol. The van der Waals surface area contributed by atoms with Gasteiger partial charge in [-0.2, -0.15) is 0 Å². The molecular weight excluding hydrogens is 236 g/mol. The van der Waals surface area contributed by atoms with Crippen LogP contribution in [0.25, 0.3) is 11.1 Å². The lowest BCUT2D eigenvalue weighted by atomic mass is 10.2. The van der Waals surface area contributed by atoms with E-state index in [1.54, 1.807) is 0 Å². The standard InChI is InChI=1S/C13H17ClN2O/c1-4-15-7-9(3)13-16-11-6-10(14)5-8(2)12(11)17-13/h5-6,9,15H,4,7H2,1-3H3. The first kappa shape index (κ1) is 12.4. The molecule has 0 fully saturated rings. The van der Waals surface area contributed by atoms with Crippen molar-refractivity contribution < 1.29 is 4.42 Å². The Labute approximate surface area is 106 Å². The normalized spacial score (nSPS) is 13.2. The first-order valence-corrected chi connectivity index (χ1v) is 6.27. The molecular formula is C13H17ClN2O. The lowest BCUT2D eigenvalue weighted by Gasteiger charge is -2.06. The molecule has 1 N–H and O–H groups in total. The zero-order valence-corrected chi connectivity index (χ0v) is 11.1. The Morgan fingerprint density at radius 3 is 2.94 bits per heavy atom. The van der Waals surface area contributed by atoms with Gasteiger partial charge in [-0.15, -0.1) is 0 Å². The van der Waals surface area contributed by atoms with Crippen LogP contribution >= 0.6 is 11.6 Å². The summed E-state index contributed by atoms with van der Waals surface area (Å²) in [7, 11) is 0. The lowest BCUT2D eigenvalue weighted by molar-refractivity contribution is 0.469. The molecule has 3 nitrogen and oxygen atoms in total. The van der Waals surface area contributed by atoms with Gasteiger partial charge in [-0.1, -0.05) is 25.4 Å². The molecule has 0 saturated carbocycles. The van der Waals surface area contributed by atoms with E-state index < -0.39 is 0 Å². The summed E-state index contributed by atoms with van der Waals surface area (Å²) < 4.78 is 5.80. The molecule has 0 bridgehead atoms. The van der Waals surface area contributed by atoms with E-state index in [0.717, 1.165) is 35.6 Å². The average molecular weight is 253 g/mol. The van der Waals surface area contributed by atoms with Crippen LogP contribution < -0.4 is 5.32 Å². The van der Waals surface area contributed by atoms with E-state index in [4.69, 9.17) is 16.0 Å². The largest absolute Gasteiger partial charge is 0.440 e. The Morgan fingerprint density at radius 2 is 2.24 bits per heavy atom. The van der Waals surface area contributed by atoms with Gasteiger partial charge in [0.05, 0.1) is 0 Å². The van der Waals surface area contributed by atoms with Gasteiger partial charge in [-0.3, -0.25) is 0 Å². The van der Waals surface area contributed by atoms with Gasteiger partial charge in [-0.25, -0.2) is 4.98 Å². The molecule has 17 heavy (non-hydrogen) atoms. The topological polar surface area (TPSA) is 38.1 Å². The number of hydrogen-bond acceptors (Lipinski definition) is 3. The molecule has 1 aromatic heterocycles. The number of halogens is 1. The Hall–Kier alpha value is -1.06. The maximum Gasteiger partial charge on any atom is 0.199 e. The van der Waals surface area contributed by atoms with Crippen LogP contribution in [0.1, 0.15) is 31.2 Å². The fourth-order valence-electron chi connectivity index (χ4n) is 1.83. The molecule has 1 unspecified atom stereocenters. The van der Waals surface area contributed by atoms with Crippen molar-refractivity contribution in [3.05, 3.63) is 28.6 Å². The van der Waals surface area contributed by atoms with Crippen LogP contribution in [0.5, 0.6) is 0 Å². The number of nitrogens with zero attached hydrogens (tertiary/aromatic N) is 1. The van der Waals surface area contributed by atoms with E-state index >= 15 is 0 Å². The van der Waals surface area contributed by atoms with E-state index in [1.807, 2.05) is 19.1 Å². The van der Waals surface area contributed by atoms with Crippen molar-refractivity contribution in [2.45, 2.75) is 26.7 Å². The minimum Gasteiger partial charge on any atom is -0.440 e. The number of nitrogens with one attached hydrogen (secondary N) is 1. The van der Waals surface area contributed by atoms with Crippen LogP contribution in [0.3, 0.4) is 0 Å². The smallest absolute Gasteiger partial charge is 0.199 e. The molecule has 1 heterocycles. The summed E-state index contributed by atoms with van der Waals surface area (Å²) in [5, 5.41) is 3.99.